The highest BCUT2D eigenvalue weighted by Crippen LogP contribution is 2.47. The van der Waals surface area contributed by atoms with E-state index < -0.39 is 0 Å². The molecule has 0 saturated heterocycles. The third-order valence-electron chi connectivity index (χ3n) is 5.46. The van der Waals surface area contributed by atoms with Crippen molar-refractivity contribution in [1.82, 2.24) is 0 Å². The Kier molecular flexibility index (Phi) is 4.24. The summed E-state index contributed by atoms with van der Waals surface area (Å²) in [6.45, 7) is 2.14. The van der Waals surface area contributed by atoms with E-state index in [0.29, 0.717) is 5.92 Å². The Morgan fingerprint density at radius 2 is 1.65 bits per heavy atom. The Morgan fingerprint density at radius 3 is 2.40 bits per heavy atom. The first-order valence-electron chi connectivity index (χ1n) is 8.14. The third-order valence-corrected chi connectivity index (χ3v) is 5.46. The molecule has 4 atom stereocenters. The minimum absolute atomic E-state index is 0.116. The monoisotopic (exact) mass is 272 g/mol. The summed E-state index contributed by atoms with van der Waals surface area (Å²) in [4.78, 5) is 0. The quantitative estimate of drug-likeness (QED) is 0.606. The van der Waals surface area contributed by atoms with Gasteiger partial charge in [0.15, 0.2) is 0 Å². The number of fused-ring (bicyclic) bond motifs is 1. The van der Waals surface area contributed by atoms with E-state index >= 15 is 0 Å². The van der Waals surface area contributed by atoms with Crippen molar-refractivity contribution in [3.63, 3.8) is 0 Å². The van der Waals surface area contributed by atoms with Gasteiger partial charge < -0.3 is 0 Å². The first-order valence-corrected chi connectivity index (χ1v) is 8.14. The standard InChI is InChI=1S/C19H25F/c1-2-3-14-4-5-18-13-17(7-6-16(18)12-14)15-8-10-19(20)11-9-15/h2-3,8-11,14,16-18H,4-7,12-13H2,1H3. The largest absolute Gasteiger partial charge is 0.207 e. The number of hydrogen-bond donors (Lipinski definition) is 0. The van der Waals surface area contributed by atoms with E-state index in [1.807, 2.05) is 12.1 Å². The van der Waals surface area contributed by atoms with Gasteiger partial charge in [-0.2, -0.15) is 0 Å². The molecule has 0 radical (unpaired) electrons. The lowest BCUT2D eigenvalue weighted by atomic mass is 9.64. The summed E-state index contributed by atoms with van der Waals surface area (Å²) in [5.41, 5.74) is 1.35. The zero-order chi connectivity index (χ0) is 13.9. The summed E-state index contributed by atoms with van der Waals surface area (Å²) in [5.74, 6) is 3.20. The fourth-order valence-electron chi connectivity index (χ4n) is 4.41. The molecule has 0 aliphatic heterocycles. The van der Waals surface area contributed by atoms with Crippen LogP contribution in [0.15, 0.2) is 36.4 Å². The van der Waals surface area contributed by atoms with Crippen LogP contribution in [0, 0.1) is 23.6 Å². The predicted octanol–water partition coefficient (Wildman–Crippen LogP) is 5.70. The van der Waals surface area contributed by atoms with E-state index in [1.165, 1.54) is 44.1 Å². The van der Waals surface area contributed by atoms with Gasteiger partial charge in [0.2, 0.25) is 0 Å². The van der Waals surface area contributed by atoms with Crippen LogP contribution in [0.25, 0.3) is 0 Å². The summed E-state index contributed by atoms with van der Waals surface area (Å²) in [7, 11) is 0. The lowest BCUT2D eigenvalue weighted by Gasteiger charge is -2.41. The van der Waals surface area contributed by atoms with Crippen molar-refractivity contribution >= 4 is 0 Å². The molecule has 0 nitrogen and oxygen atoms in total. The second kappa shape index (κ2) is 6.11. The number of hydrogen-bond acceptors (Lipinski definition) is 0. The second-order valence-electron chi connectivity index (χ2n) is 6.68. The van der Waals surface area contributed by atoms with Crippen LogP contribution >= 0.6 is 0 Å². The highest BCUT2D eigenvalue weighted by molar-refractivity contribution is 5.21. The van der Waals surface area contributed by atoms with Gasteiger partial charge in [0.05, 0.1) is 0 Å². The molecule has 2 aliphatic carbocycles. The Balaban J connectivity index is 1.64. The van der Waals surface area contributed by atoms with Crippen molar-refractivity contribution in [2.75, 3.05) is 0 Å². The number of rotatable bonds is 2. The molecular weight excluding hydrogens is 247 g/mol. The summed E-state index contributed by atoms with van der Waals surface area (Å²) >= 11 is 0. The van der Waals surface area contributed by atoms with E-state index in [1.54, 1.807) is 12.1 Å². The maximum absolute atomic E-state index is 13.0. The molecule has 2 saturated carbocycles. The van der Waals surface area contributed by atoms with Crippen molar-refractivity contribution in [2.45, 2.75) is 51.4 Å². The maximum atomic E-state index is 13.0. The van der Waals surface area contributed by atoms with Crippen LogP contribution < -0.4 is 0 Å². The minimum atomic E-state index is -0.116. The molecule has 0 aromatic heterocycles. The highest BCUT2D eigenvalue weighted by atomic mass is 19.1. The summed E-state index contributed by atoms with van der Waals surface area (Å²) in [6.07, 6.45) is 12.7. The fourth-order valence-corrected chi connectivity index (χ4v) is 4.41. The smallest absolute Gasteiger partial charge is 0.123 e. The SMILES string of the molecule is CC=CC1CCC2CC(c3ccc(F)cc3)CCC2C1. The molecule has 4 unspecified atom stereocenters. The van der Waals surface area contributed by atoms with E-state index in [-0.39, 0.29) is 5.82 Å². The molecular formula is C19H25F. The van der Waals surface area contributed by atoms with E-state index in [4.69, 9.17) is 0 Å². The van der Waals surface area contributed by atoms with Gasteiger partial charge in [-0.1, -0.05) is 24.3 Å². The lowest BCUT2D eigenvalue weighted by Crippen LogP contribution is -2.30. The number of benzene rings is 1. The zero-order valence-electron chi connectivity index (χ0n) is 12.4. The van der Waals surface area contributed by atoms with Gasteiger partial charge >= 0.3 is 0 Å². The van der Waals surface area contributed by atoms with E-state index in [2.05, 4.69) is 19.1 Å². The van der Waals surface area contributed by atoms with Crippen LogP contribution in [0.5, 0.6) is 0 Å². The fraction of sp³-hybridized carbons (Fsp3) is 0.579. The van der Waals surface area contributed by atoms with Crippen molar-refractivity contribution in [3.8, 4) is 0 Å². The summed E-state index contributed by atoms with van der Waals surface area (Å²) in [5, 5.41) is 0. The highest BCUT2D eigenvalue weighted by Gasteiger charge is 2.35. The van der Waals surface area contributed by atoms with Crippen LogP contribution in [0.3, 0.4) is 0 Å². The van der Waals surface area contributed by atoms with Crippen molar-refractivity contribution in [2.24, 2.45) is 17.8 Å². The lowest BCUT2D eigenvalue weighted by molar-refractivity contribution is 0.133. The molecule has 1 aromatic carbocycles. The summed E-state index contributed by atoms with van der Waals surface area (Å²) < 4.78 is 13.0. The Labute approximate surface area is 122 Å². The molecule has 0 bridgehead atoms. The van der Waals surface area contributed by atoms with Crippen LogP contribution in [-0.2, 0) is 0 Å². The molecule has 1 aromatic rings. The van der Waals surface area contributed by atoms with Gasteiger partial charge in [-0.25, -0.2) is 4.39 Å². The molecule has 3 rings (SSSR count). The Morgan fingerprint density at radius 1 is 0.950 bits per heavy atom. The average Bonchev–Trinajstić information content (AvgIpc) is 2.48. The normalized spacial score (nSPS) is 34.1. The van der Waals surface area contributed by atoms with Gasteiger partial charge in [-0.05, 0) is 86.8 Å². The van der Waals surface area contributed by atoms with Crippen molar-refractivity contribution in [3.05, 3.63) is 47.8 Å². The van der Waals surface area contributed by atoms with Crippen molar-refractivity contribution < 1.29 is 4.39 Å². The molecule has 0 amide bonds. The van der Waals surface area contributed by atoms with Crippen LogP contribution in [-0.4, -0.2) is 0 Å². The molecule has 20 heavy (non-hydrogen) atoms. The summed E-state index contributed by atoms with van der Waals surface area (Å²) in [6, 6.07) is 7.21. The third kappa shape index (κ3) is 2.97. The van der Waals surface area contributed by atoms with Gasteiger partial charge in [0.1, 0.15) is 5.82 Å². The van der Waals surface area contributed by atoms with Crippen LogP contribution in [0.1, 0.15) is 56.9 Å². The first-order chi connectivity index (χ1) is 9.76. The van der Waals surface area contributed by atoms with Gasteiger partial charge in [0, 0.05) is 0 Å². The van der Waals surface area contributed by atoms with Crippen molar-refractivity contribution in [1.29, 1.82) is 0 Å². The molecule has 0 N–H and O–H groups in total. The molecule has 108 valence electrons. The topological polar surface area (TPSA) is 0 Å². The molecule has 0 spiro atoms. The van der Waals surface area contributed by atoms with Gasteiger partial charge in [-0.15, -0.1) is 0 Å². The second-order valence-corrected chi connectivity index (χ2v) is 6.68. The molecule has 1 heteroatoms. The van der Waals surface area contributed by atoms with Gasteiger partial charge in [0.25, 0.3) is 0 Å². The molecule has 2 fully saturated rings. The van der Waals surface area contributed by atoms with E-state index in [9.17, 15) is 4.39 Å². The Bertz CT molecular complexity index is 459. The first kappa shape index (κ1) is 13.9. The van der Waals surface area contributed by atoms with Crippen LogP contribution in [0.4, 0.5) is 4.39 Å². The molecule has 0 heterocycles. The molecule has 2 aliphatic rings. The van der Waals surface area contributed by atoms with E-state index in [0.717, 1.165) is 17.8 Å². The van der Waals surface area contributed by atoms with Crippen LogP contribution in [0.2, 0.25) is 0 Å². The zero-order valence-corrected chi connectivity index (χ0v) is 12.4. The predicted molar refractivity (Wildman–Crippen MR) is 82.1 cm³/mol. The number of allylic oxidation sites excluding steroid dienone is 2. The van der Waals surface area contributed by atoms with Gasteiger partial charge in [-0.3, -0.25) is 0 Å². The minimum Gasteiger partial charge on any atom is -0.207 e. The average molecular weight is 272 g/mol. The number of halogens is 1. The Hall–Kier alpha value is -1.11. The maximum Gasteiger partial charge on any atom is 0.123 e.